The number of hydrogen-bond donors (Lipinski definition) is 1. The van der Waals surface area contributed by atoms with E-state index in [4.69, 9.17) is 4.74 Å². The summed E-state index contributed by atoms with van der Waals surface area (Å²) in [5.41, 5.74) is -0.337. The van der Waals surface area contributed by atoms with Gasteiger partial charge in [-0.1, -0.05) is 18.2 Å². The molecule has 7 nitrogen and oxygen atoms in total. The molecule has 0 saturated carbocycles. The number of carbonyl (C=O) groups is 1. The molecule has 0 radical (unpaired) electrons. The third-order valence-electron chi connectivity index (χ3n) is 5.83. The average Bonchev–Trinajstić information content (AvgIpc) is 2.75. The number of hydrogen-bond acceptors (Lipinski definition) is 6. The van der Waals surface area contributed by atoms with Crippen LogP contribution in [0.15, 0.2) is 48.9 Å². The van der Waals surface area contributed by atoms with Crippen LogP contribution in [0.2, 0.25) is 0 Å². The third-order valence-corrected chi connectivity index (χ3v) is 5.83. The van der Waals surface area contributed by atoms with Crippen molar-refractivity contribution in [2.24, 2.45) is 5.41 Å². The molecule has 1 aromatic carbocycles. The van der Waals surface area contributed by atoms with Gasteiger partial charge in [-0.2, -0.15) is 0 Å². The summed E-state index contributed by atoms with van der Waals surface area (Å²) in [7, 11) is 0. The number of ether oxygens (including phenoxy) is 1. The van der Waals surface area contributed by atoms with E-state index in [1.54, 1.807) is 18.6 Å². The molecule has 2 atom stereocenters. The number of benzene rings is 1. The van der Waals surface area contributed by atoms with Gasteiger partial charge in [0, 0.05) is 44.0 Å². The Morgan fingerprint density at radius 1 is 1.21 bits per heavy atom. The van der Waals surface area contributed by atoms with Gasteiger partial charge in [0.05, 0.1) is 12.3 Å². The Balaban J connectivity index is 1.43. The topological polar surface area (TPSA) is 78.8 Å². The maximum atomic E-state index is 12.7. The summed E-state index contributed by atoms with van der Waals surface area (Å²) in [6.07, 6.45) is 7.11. The fourth-order valence-electron chi connectivity index (χ4n) is 4.33. The molecular formula is C21H26N4O3. The molecule has 0 bridgehead atoms. The third kappa shape index (κ3) is 3.94. The van der Waals surface area contributed by atoms with E-state index in [0.29, 0.717) is 31.8 Å². The molecule has 1 amide bonds. The fraction of sp³-hybridized carbons (Fsp3) is 0.476. The second-order valence-corrected chi connectivity index (χ2v) is 7.67. The second-order valence-electron chi connectivity index (χ2n) is 7.67. The van der Waals surface area contributed by atoms with Crippen molar-refractivity contribution in [2.75, 3.05) is 37.7 Å². The number of aliphatic hydroxyl groups excluding tert-OH is 1. The Morgan fingerprint density at radius 2 is 2.07 bits per heavy atom. The molecule has 1 spiro atoms. The maximum Gasteiger partial charge on any atom is 0.260 e. The molecule has 0 aliphatic carbocycles. The molecule has 28 heavy (non-hydrogen) atoms. The molecule has 2 aliphatic heterocycles. The maximum absolute atomic E-state index is 12.7. The Morgan fingerprint density at radius 3 is 2.86 bits per heavy atom. The molecule has 0 unspecified atom stereocenters. The van der Waals surface area contributed by atoms with Crippen LogP contribution in [-0.2, 0) is 4.79 Å². The first kappa shape index (κ1) is 18.7. The van der Waals surface area contributed by atoms with Crippen LogP contribution in [-0.4, -0.2) is 64.8 Å². The fourth-order valence-corrected chi connectivity index (χ4v) is 4.33. The minimum atomic E-state index is -0.425. The lowest BCUT2D eigenvalue weighted by molar-refractivity contribution is -0.140. The summed E-state index contributed by atoms with van der Waals surface area (Å²) < 4.78 is 5.63. The summed E-state index contributed by atoms with van der Waals surface area (Å²) in [5.74, 6) is 1.48. The van der Waals surface area contributed by atoms with E-state index in [9.17, 15) is 9.90 Å². The van der Waals surface area contributed by atoms with Crippen LogP contribution in [0.3, 0.4) is 0 Å². The monoisotopic (exact) mass is 382 g/mol. The van der Waals surface area contributed by atoms with E-state index in [1.165, 1.54) is 0 Å². The van der Waals surface area contributed by atoms with Gasteiger partial charge < -0.3 is 19.6 Å². The number of nitrogens with zero attached hydrogens (tertiary/aromatic N) is 4. The van der Waals surface area contributed by atoms with E-state index < -0.39 is 6.10 Å². The van der Waals surface area contributed by atoms with E-state index in [1.807, 2.05) is 35.2 Å². The van der Waals surface area contributed by atoms with Crippen molar-refractivity contribution in [3.63, 3.8) is 0 Å². The first-order valence-electron chi connectivity index (χ1n) is 9.81. The van der Waals surface area contributed by atoms with Crippen LogP contribution in [0, 0.1) is 5.41 Å². The summed E-state index contributed by atoms with van der Waals surface area (Å²) in [5, 5.41) is 10.8. The van der Waals surface area contributed by atoms with Crippen molar-refractivity contribution >= 4 is 11.7 Å². The molecule has 148 valence electrons. The van der Waals surface area contributed by atoms with Gasteiger partial charge in [0.15, 0.2) is 6.61 Å². The number of carbonyl (C=O) groups excluding carboxylic acids is 1. The number of para-hydroxylation sites is 1. The predicted molar refractivity (Wildman–Crippen MR) is 105 cm³/mol. The quantitative estimate of drug-likeness (QED) is 0.868. The van der Waals surface area contributed by atoms with E-state index in [0.717, 1.165) is 25.2 Å². The van der Waals surface area contributed by atoms with Crippen LogP contribution in [0.5, 0.6) is 5.75 Å². The summed E-state index contributed by atoms with van der Waals surface area (Å²) in [6, 6.07) is 9.37. The zero-order valence-corrected chi connectivity index (χ0v) is 15.9. The van der Waals surface area contributed by atoms with Gasteiger partial charge in [0.25, 0.3) is 5.91 Å². The zero-order valence-electron chi connectivity index (χ0n) is 15.9. The first-order valence-corrected chi connectivity index (χ1v) is 9.81. The molecule has 3 heterocycles. The molecule has 4 rings (SSSR count). The standard InChI is InChI=1S/C21H26N4O3/c26-18-7-12-24(19-13-22-9-10-23-19)15-21(18)8-4-11-25(16-21)20(27)14-28-17-5-2-1-3-6-17/h1-3,5-6,9-10,13,18,26H,4,7-8,11-12,14-16H2/t18-,21-/m1/s1. The lowest BCUT2D eigenvalue weighted by atomic mass is 9.71. The number of rotatable bonds is 4. The van der Waals surface area contributed by atoms with Crippen molar-refractivity contribution < 1.29 is 14.6 Å². The number of anilines is 1. The summed E-state index contributed by atoms with van der Waals surface area (Å²) in [4.78, 5) is 25.3. The Hall–Kier alpha value is -2.67. The Kier molecular flexibility index (Phi) is 5.43. The average molecular weight is 382 g/mol. The minimum absolute atomic E-state index is 0.0179. The minimum Gasteiger partial charge on any atom is -0.484 e. The highest BCUT2D eigenvalue weighted by Gasteiger charge is 2.46. The first-order chi connectivity index (χ1) is 13.7. The van der Waals surface area contributed by atoms with Gasteiger partial charge >= 0.3 is 0 Å². The Bertz CT molecular complexity index is 789. The van der Waals surface area contributed by atoms with Crippen LogP contribution in [0.1, 0.15) is 19.3 Å². The second kappa shape index (κ2) is 8.14. The van der Waals surface area contributed by atoms with Crippen LogP contribution < -0.4 is 9.64 Å². The summed E-state index contributed by atoms with van der Waals surface area (Å²) >= 11 is 0. The van der Waals surface area contributed by atoms with Gasteiger partial charge in [-0.05, 0) is 31.4 Å². The van der Waals surface area contributed by atoms with Crippen molar-refractivity contribution in [1.82, 2.24) is 14.9 Å². The van der Waals surface area contributed by atoms with Gasteiger partial charge in [-0.15, -0.1) is 0 Å². The lowest BCUT2D eigenvalue weighted by Gasteiger charge is -2.51. The molecule has 1 N–H and O–H groups in total. The van der Waals surface area contributed by atoms with E-state index in [-0.39, 0.29) is 17.9 Å². The molecule has 2 saturated heterocycles. The smallest absolute Gasteiger partial charge is 0.260 e. The van der Waals surface area contributed by atoms with Gasteiger partial charge in [-0.3, -0.25) is 9.78 Å². The van der Waals surface area contributed by atoms with Crippen molar-refractivity contribution in [1.29, 1.82) is 0 Å². The largest absolute Gasteiger partial charge is 0.484 e. The van der Waals surface area contributed by atoms with Crippen molar-refractivity contribution in [3.05, 3.63) is 48.9 Å². The Labute approximate surface area is 165 Å². The van der Waals surface area contributed by atoms with Crippen molar-refractivity contribution in [2.45, 2.75) is 25.4 Å². The summed E-state index contributed by atoms with van der Waals surface area (Å²) in [6.45, 7) is 2.69. The molecule has 1 aromatic heterocycles. The van der Waals surface area contributed by atoms with Crippen LogP contribution >= 0.6 is 0 Å². The molecule has 2 aromatic rings. The highest BCUT2D eigenvalue weighted by molar-refractivity contribution is 5.78. The van der Waals surface area contributed by atoms with Crippen molar-refractivity contribution in [3.8, 4) is 5.75 Å². The highest BCUT2D eigenvalue weighted by Crippen LogP contribution is 2.39. The molecular weight excluding hydrogens is 356 g/mol. The van der Waals surface area contributed by atoms with Gasteiger partial charge in [0.2, 0.25) is 0 Å². The normalized spacial score (nSPS) is 25.0. The van der Waals surface area contributed by atoms with E-state index >= 15 is 0 Å². The van der Waals surface area contributed by atoms with Gasteiger partial charge in [0.1, 0.15) is 11.6 Å². The van der Waals surface area contributed by atoms with Crippen LogP contribution in [0.4, 0.5) is 5.82 Å². The number of likely N-dealkylation sites (tertiary alicyclic amines) is 1. The molecule has 7 heteroatoms. The molecule has 2 fully saturated rings. The predicted octanol–water partition coefficient (Wildman–Crippen LogP) is 1.74. The number of piperidine rings is 2. The SMILES string of the molecule is O=C(COc1ccccc1)N1CCC[C@]2(C1)CN(c1cnccn1)CC[C@H]2O. The van der Waals surface area contributed by atoms with Gasteiger partial charge in [-0.25, -0.2) is 4.98 Å². The zero-order chi connectivity index (χ0) is 19.4. The lowest BCUT2D eigenvalue weighted by Crippen LogP contribution is -2.60. The number of amides is 1. The highest BCUT2D eigenvalue weighted by atomic mass is 16.5. The number of aromatic nitrogens is 2. The molecule has 2 aliphatic rings. The van der Waals surface area contributed by atoms with Crippen LogP contribution in [0.25, 0.3) is 0 Å². The number of aliphatic hydroxyl groups is 1. The van der Waals surface area contributed by atoms with E-state index in [2.05, 4.69) is 14.9 Å².